The summed E-state index contributed by atoms with van der Waals surface area (Å²) in [6, 6.07) is 0.723. The first-order valence-corrected chi connectivity index (χ1v) is 4.88. The second kappa shape index (κ2) is 5.50. The van der Waals surface area contributed by atoms with E-state index in [9.17, 15) is 8.78 Å². The van der Waals surface area contributed by atoms with Crippen molar-refractivity contribution in [2.45, 2.75) is 31.7 Å². The lowest BCUT2D eigenvalue weighted by atomic mass is 10.4. The summed E-state index contributed by atoms with van der Waals surface area (Å²) in [6.45, 7) is 1.60. The first kappa shape index (κ1) is 10.9. The van der Waals surface area contributed by atoms with Crippen LogP contribution in [0.3, 0.4) is 0 Å². The minimum atomic E-state index is -2.21. The van der Waals surface area contributed by atoms with Crippen LogP contribution in [0.2, 0.25) is 0 Å². The van der Waals surface area contributed by atoms with E-state index >= 15 is 0 Å². The van der Waals surface area contributed by atoms with Crippen LogP contribution in [0.5, 0.6) is 0 Å². The molecule has 2 nitrogen and oxygen atoms in total. The third-order valence-electron chi connectivity index (χ3n) is 2.18. The van der Waals surface area contributed by atoms with Crippen molar-refractivity contribution in [3.63, 3.8) is 0 Å². The van der Waals surface area contributed by atoms with Crippen molar-refractivity contribution in [1.29, 1.82) is 0 Å². The molecule has 0 spiro atoms. The molecule has 0 heterocycles. The van der Waals surface area contributed by atoms with Crippen LogP contribution < -0.4 is 5.32 Å². The second-order valence-electron chi connectivity index (χ2n) is 3.74. The Morgan fingerprint density at radius 1 is 1.46 bits per heavy atom. The summed E-state index contributed by atoms with van der Waals surface area (Å²) in [7, 11) is 1.74. The van der Waals surface area contributed by atoms with Gasteiger partial charge in [-0.25, -0.2) is 8.78 Å². The van der Waals surface area contributed by atoms with Crippen molar-refractivity contribution in [2.24, 2.45) is 0 Å². The topological polar surface area (TPSA) is 15.3 Å². The molecule has 1 fully saturated rings. The van der Waals surface area contributed by atoms with Gasteiger partial charge in [0.25, 0.3) is 6.43 Å². The van der Waals surface area contributed by atoms with Gasteiger partial charge in [-0.2, -0.15) is 0 Å². The molecule has 1 rings (SSSR count). The van der Waals surface area contributed by atoms with Crippen LogP contribution >= 0.6 is 0 Å². The van der Waals surface area contributed by atoms with Gasteiger partial charge in [-0.15, -0.1) is 0 Å². The summed E-state index contributed by atoms with van der Waals surface area (Å²) in [5, 5.41) is 3.35. The van der Waals surface area contributed by atoms with Crippen LogP contribution in [0.25, 0.3) is 0 Å². The highest BCUT2D eigenvalue weighted by Crippen LogP contribution is 2.18. The zero-order valence-corrected chi connectivity index (χ0v) is 8.10. The fourth-order valence-corrected chi connectivity index (χ4v) is 1.27. The van der Waals surface area contributed by atoms with Crippen LogP contribution in [0.15, 0.2) is 0 Å². The highest BCUT2D eigenvalue weighted by Gasteiger charge is 2.19. The standard InChI is InChI=1S/C9H18F2N2/c1-13(7-9(10)11)6-2-5-12-8-3-4-8/h8-9,12H,2-7H2,1H3. The van der Waals surface area contributed by atoms with Crippen LogP contribution in [0.4, 0.5) is 8.78 Å². The lowest BCUT2D eigenvalue weighted by Gasteiger charge is -2.15. The lowest BCUT2D eigenvalue weighted by Crippen LogP contribution is -2.28. The van der Waals surface area contributed by atoms with Gasteiger partial charge in [0.1, 0.15) is 0 Å². The molecule has 1 N–H and O–H groups in total. The van der Waals surface area contributed by atoms with Crippen molar-refractivity contribution in [3.8, 4) is 0 Å². The molecule has 4 heteroatoms. The van der Waals surface area contributed by atoms with Gasteiger partial charge >= 0.3 is 0 Å². The van der Waals surface area contributed by atoms with Crippen molar-refractivity contribution in [2.75, 3.05) is 26.7 Å². The van der Waals surface area contributed by atoms with Crippen molar-refractivity contribution < 1.29 is 8.78 Å². The molecule has 78 valence electrons. The molecule has 0 aromatic heterocycles. The van der Waals surface area contributed by atoms with Gasteiger partial charge < -0.3 is 10.2 Å². The van der Waals surface area contributed by atoms with Gasteiger partial charge in [0.15, 0.2) is 0 Å². The Morgan fingerprint density at radius 2 is 2.15 bits per heavy atom. The maximum Gasteiger partial charge on any atom is 0.251 e. The summed E-state index contributed by atoms with van der Waals surface area (Å²) < 4.78 is 23.8. The Kier molecular flexibility index (Phi) is 4.59. The zero-order valence-electron chi connectivity index (χ0n) is 8.10. The molecule has 1 aliphatic rings. The van der Waals surface area contributed by atoms with Crippen molar-refractivity contribution >= 4 is 0 Å². The van der Waals surface area contributed by atoms with Crippen molar-refractivity contribution in [3.05, 3.63) is 0 Å². The molecule has 0 amide bonds. The summed E-state index contributed by atoms with van der Waals surface area (Å²) in [5.41, 5.74) is 0. The van der Waals surface area contributed by atoms with Crippen LogP contribution in [-0.2, 0) is 0 Å². The molecular weight excluding hydrogens is 174 g/mol. The van der Waals surface area contributed by atoms with E-state index in [2.05, 4.69) is 5.32 Å². The maximum absolute atomic E-state index is 11.9. The number of rotatable bonds is 7. The molecule has 0 aromatic carbocycles. The van der Waals surface area contributed by atoms with E-state index in [1.807, 2.05) is 0 Å². The van der Waals surface area contributed by atoms with Crippen molar-refractivity contribution in [1.82, 2.24) is 10.2 Å². The van der Waals surface area contributed by atoms with E-state index in [1.54, 1.807) is 11.9 Å². The number of hydrogen-bond acceptors (Lipinski definition) is 2. The summed E-state index contributed by atoms with van der Waals surface area (Å²) in [4.78, 5) is 1.68. The van der Waals surface area contributed by atoms with E-state index in [4.69, 9.17) is 0 Å². The van der Waals surface area contributed by atoms with Crippen LogP contribution in [0, 0.1) is 0 Å². The van der Waals surface area contributed by atoms with Gasteiger partial charge in [0, 0.05) is 6.04 Å². The number of halogens is 2. The Labute approximate surface area is 78.3 Å². The molecule has 0 atom stereocenters. The molecule has 0 bridgehead atoms. The Balaban J connectivity index is 1.85. The first-order valence-electron chi connectivity index (χ1n) is 4.88. The molecule has 0 aliphatic heterocycles. The molecule has 1 saturated carbocycles. The summed E-state index contributed by atoms with van der Waals surface area (Å²) in [5.74, 6) is 0. The summed E-state index contributed by atoms with van der Waals surface area (Å²) in [6.07, 6.45) is 1.32. The van der Waals surface area contributed by atoms with Gasteiger partial charge in [-0.05, 0) is 39.4 Å². The molecule has 0 saturated heterocycles. The monoisotopic (exact) mass is 192 g/mol. The third kappa shape index (κ3) is 5.93. The molecule has 0 aromatic rings. The molecule has 0 unspecified atom stereocenters. The molecule has 0 radical (unpaired) electrons. The number of nitrogens with zero attached hydrogens (tertiary/aromatic N) is 1. The van der Waals surface area contributed by atoms with E-state index < -0.39 is 6.43 Å². The van der Waals surface area contributed by atoms with Crippen LogP contribution in [-0.4, -0.2) is 44.0 Å². The number of nitrogens with one attached hydrogen (secondary N) is 1. The number of hydrogen-bond donors (Lipinski definition) is 1. The SMILES string of the molecule is CN(CCCNC1CC1)CC(F)F. The summed E-state index contributed by atoms with van der Waals surface area (Å²) >= 11 is 0. The van der Waals surface area contributed by atoms with Gasteiger partial charge in [-0.1, -0.05) is 0 Å². The molecular formula is C9H18F2N2. The Morgan fingerprint density at radius 3 is 2.69 bits per heavy atom. The van der Waals surface area contributed by atoms with E-state index in [0.717, 1.165) is 25.6 Å². The average Bonchev–Trinajstić information content (AvgIpc) is 2.80. The van der Waals surface area contributed by atoms with Crippen LogP contribution in [0.1, 0.15) is 19.3 Å². The fourth-order valence-electron chi connectivity index (χ4n) is 1.27. The normalized spacial score (nSPS) is 17.3. The van der Waals surface area contributed by atoms with Gasteiger partial charge in [0.2, 0.25) is 0 Å². The highest BCUT2D eigenvalue weighted by molar-refractivity contribution is 4.80. The van der Waals surface area contributed by atoms with E-state index in [-0.39, 0.29) is 6.54 Å². The largest absolute Gasteiger partial charge is 0.314 e. The Bertz CT molecular complexity index is 138. The second-order valence-corrected chi connectivity index (χ2v) is 3.74. The predicted molar refractivity (Wildman–Crippen MR) is 49.1 cm³/mol. The average molecular weight is 192 g/mol. The van der Waals surface area contributed by atoms with E-state index in [1.165, 1.54) is 12.8 Å². The number of alkyl halides is 2. The smallest absolute Gasteiger partial charge is 0.251 e. The van der Waals surface area contributed by atoms with Gasteiger partial charge in [0.05, 0.1) is 6.54 Å². The quantitative estimate of drug-likeness (QED) is 0.612. The third-order valence-corrected chi connectivity index (χ3v) is 2.18. The molecule has 1 aliphatic carbocycles. The predicted octanol–water partition coefficient (Wildman–Crippen LogP) is 1.33. The minimum Gasteiger partial charge on any atom is -0.314 e. The minimum absolute atomic E-state index is 0.108. The lowest BCUT2D eigenvalue weighted by molar-refractivity contribution is 0.0998. The van der Waals surface area contributed by atoms with E-state index in [0.29, 0.717) is 0 Å². The van der Waals surface area contributed by atoms with Gasteiger partial charge in [-0.3, -0.25) is 0 Å². The Hall–Kier alpha value is -0.220. The fraction of sp³-hybridized carbons (Fsp3) is 1.00. The first-order chi connectivity index (χ1) is 6.18. The maximum atomic E-state index is 11.9. The zero-order chi connectivity index (χ0) is 9.68. The molecule has 13 heavy (non-hydrogen) atoms. The highest BCUT2D eigenvalue weighted by atomic mass is 19.3.